The largest absolute Gasteiger partial charge is 0.504 e. The minimum atomic E-state index is -0.275. The lowest BCUT2D eigenvalue weighted by molar-refractivity contribution is 0.0951. The van der Waals surface area contributed by atoms with Gasteiger partial charge in [-0.25, -0.2) is 0 Å². The Morgan fingerprint density at radius 1 is 1.39 bits per heavy atom. The molecule has 1 aromatic rings. The van der Waals surface area contributed by atoms with E-state index in [2.05, 4.69) is 10.6 Å². The van der Waals surface area contributed by atoms with Crippen LogP contribution in [0.4, 0.5) is 0 Å². The van der Waals surface area contributed by atoms with Crippen molar-refractivity contribution in [2.45, 2.75) is 12.8 Å². The molecule has 1 unspecified atom stereocenters. The average molecular weight is 250 g/mol. The first-order chi connectivity index (χ1) is 8.66. The molecule has 1 saturated heterocycles. The van der Waals surface area contributed by atoms with Crippen LogP contribution < -0.4 is 10.6 Å². The van der Waals surface area contributed by atoms with Crippen LogP contribution in [0.1, 0.15) is 23.2 Å². The third-order valence-electron chi connectivity index (χ3n) is 3.24. The molecular weight excluding hydrogens is 232 g/mol. The van der Waals surface area contributed by atoms with Crippen LogP contribution in [-0.2, 0) is 0 Å². The SMILES string of the molecule is O=C(NCCC1CCNC1)c1ccc(O)c(O)c1. The zero-order valence-corrected chi connectivity index (χ0v) is 10.1. The van der Waals surface area contributed by atoms with Crippen molar-refractivity contribution in [3.63, 3.8) is 0 Å². The number of benzene rings is 1. The number of hydrogen-bond acceptors (Lipinski definition) is 4. The fraction of sp³-hybridized carbons (Fsp3) is 0.462. The maximum Gasteiger partial charge on any atom is 0.251 e. The van der Waals surface area contributed by atoms with Gasteiger partial charge in [-0.2, -0.15) is 0 Å². The number of carbonyl (C=O) groups excluding carboxylic acids is 1. The van der Waals surface area contributed by atoms with Gasteiger partial charge in [0.25, 0.3) is 5.91 Å². The topological polar surface area (TPSA) is 81.6 Å². The molecule has 0 radical (unpaired) electrons. The fourth-order valence-corrected chi connectivity index (χ4v) is 2.12. The molecule has 5 nitrogen and oxygen atoms in total. The van der Waals surface area contributed by atoms with E-state index in [0.29, 0.717) is 18.0 Å². The van der Waals surface area contributed by atoms with Crippen molar-refractivity contribution < 1.29 is 15.0 Å². The molecule has 1 fully saturated rings. The maximum atomic E-state index is 11.8. The van der Waals surface area contributed by atoms with Crippen LogP contribution in [0.5, 0.6) is 11.5 Å². The van der Waals surface area contributed by atoms with Crippen molar-refractivity contribution in [2.24, 2.45) is 5.92 Å². The number of nitrogens with one attached hydrogen (secondary N) is 2. The van der Waals surface area contributed by atoms with Crippen molar-refractivity contribution in [1.82, 2.24) is 10.6 Å². The third-order valence-corrected chi connectivity index (χ3v) is 3.24. The Morgan fingerprint density at radius 3 is 2.89 bits per heavy atom. The number of amides is 1. The molecule has 98 valence electrons. The highest BCUT2D eigenvalue weighted by molar-refractivity contribution is 5.94. The van der Waals surface area contributed by atoms with E-state index in [1.54, 1.807) is 0 Å². The summed E-state index contributed by atoms with van der Waals surface area (Å²) < 4.78 is 0. The highest BCUT2D eigenvalue weighted by Gasteiger charge is 2.14. The van der Waals surface area contributed by atoms with E-state index in [9.17, 15) is 9.90 Å². The van der Waals surface area contributed by atoms with Gasteiger partial charge in [0, 0.05) is 12.1 Å². The maximum absolute atomic E-state index is 11.8. The molecule has 2 rings (SSSR count). The Hall–Kier alpha value is -1.75. The third kappa shape index (κ3) is 3.13. The number of aromatic hydroxyl groups is 2. The Balaban J connectivity index is 1.81. The molecule has 0 aromatic heterocycles. The summed E-state index contributed by atoms with van der Waals surface area (Å²) in [7, 11) is 0. The molecule has 1 heterocycles. The van der Waals surface area contributed by atoms with Gasteiger partial charge in [-0.3, -0.25) is 4.79 Å². The summed E-state index contributed by atoms with van der Waals surface area (Å²) in [5, 5.41) is 24.6. The second-order valence-electron chi connectivity index (χ2n) is 4.61. The first kappa shape index (κ1) is 12.7. The van der Waals surface area contributed by atoms with Crippen molar-refractivity contribution in [3.8, 4) is 11.5 Å². The zero-order valence-electron chi connectivity index (χ0n) is 10.1. The molecule has 0 aliphatic carbocycles. The number of rotatable bonds is 4. The predicted molar refractivity (Wildman–Crippen MR) is 67.7 cm³/mol. The van der Waals surface area contributed by atoms with E-state index in [1.165, 1.54) is 18.2 Å². The number of hydrogen-bond donors (Lipinski definition) is 4. The van der Waals surface area contributed by atoms with Gasteiger partial charge < -0.3 is 20.8 Å². The molecule has 18 heavy (non-hydrogen) atoms. The van der Waals surface area contributed by atoms with Crippen LogP contribution in [0.25, 0.3) is 0 Å². The second kappa shape index (κ2) is 5.73. The highest BCUT2D eigenvalue weighted by Crippen LogP contribution is 2.24. The highest BCUT2D eigenvalue weighted by atomic mass is 16.3. The van der Waals surface area contributed by atoms with Crippen LogP contribution in [0.15, 0.2) is 18.2 Å². The molecule has 5 heteroatoms. The predicted octanol–water partition coefficient (Wildman–Crippen LogP) is 0.827. The standard InChI is InChI=1S/C13H18N2O3/c16-11-2-1-10(7-12(11)17)13(18)15-6-4-9-3-5-14-8-9/h1-2,7,9,14,16-17H,3-6,8H2,(H,15,18). The molecule has 0 spiro atoms. The number of carbonyl (C=O) groups is 1. The van der Waals surface area contributed by atoms with E-state index >= 15 is 0 Å². The lowest BCUT2D eigenvalue weighted by atomic mass is 10.1. The summed E-state index contributed by atoms with van der Waals surface area (Å²) in [5.41, 5.74) is 0.356. The molecule has 1 aliphatic heterocycles. The number of phenols is 2. The van der Waals surface area contributed by atoms with Gasteiger partial charge in [-0.05, 0) is 50.0 Å². The smallest absolute Gasteiger partial charge is 0.251 e. The van der Waals surface area contributed by atoms with E-state index in [-0.39, 0.29) is 17.4 Å². The first-order valence-corrected chi connectivity index (χ1v) is 6.17. The quantitative estimate of drug-likeness (QED) is 0.597. The minimum Gasteiger partial charge on any atom is -0.504 e. The van der Waals surface area contributed by atoms with Crippen LogP contribution in [0.3, 0.4) is 0 Å². The molecule has 1 atom stereocenters. The molecular formula is C13H18N2O3. The Kier molecular flexibility index (Phi) is 4.04. The normalized spacial score (nSPS) is 18.8. The molecule has 1 aromatic carbocycles. The summed E-state index contributed by atoms with van der Waals surface area (Å²) >= 11 is 0. The van der Waals surface area contributed by atoms with Crippen LogP contribution in [-0.4, -0.2) is 35.8 Å². The van der Waals surface area contributed by atoms with Crippen LogP contribution >= 0.6 is 0 Å². The molecule has 0 bridgehead atoms. The van der Waals surface area contributed by atoms with E-state index in [4.69, 9.17) is 5.11 Å². The fourth-order valence-electron chi connectivity index (χ4n) is 2.12. The van der Waals surface area contributed by atoms with Crippen LogP contribution in [0, 0.1) is 5.92 Å². The summed E-state index contributed by atoms with van der Waals surface area (Å²) in [5.74, 6) is -0.0824. The van der Waals surface area contributed by atoms with Crippen molar-refractivity contribution in [2.75, 3.05) is 19.6 Å². The first-order valence-electron chi connectivity index (χ1n) is 6.17. The van der Waals surface area contributed by atoms with Gasteiger partial charge >= 0.3 is 0 Å². The summed E-state index contributed by atoms with van der Waals surface area (Å²) in [4.78, 5) is 11.8. The summed E-state index contributed by atoms with van der Waals surface area (Å²) in [6.07, 6.45) is 2.12. The van der Waals surface area contributed by atoms with Gasteiger partial charge in [0.2, 0.25) is 0 Å². The van der Waals surface area contributed by atoms with E-state index in [1.807, 2.05) is 0 Å². The minimum absolute atomic E-state index is 0.219. The van der Waals surface area contributed by atoms with Crippen molar-refractivity contribution in [1.29, 1.82) is 0 Å². The van der Waals surface area contributed by atoms with Gasteiger partial charge in [-0.1, -0.05) is 0 Å². The Bertz CT molecular complexity index is 428. The van der Waals surface area contributed by atoms with Crippen LogP contribution in [0.2, 0.25) is 0 Å². The van der Waals surface area contributed by atoms with E-state index < -0.39 is 0 Å². The summed E-state index contributed by atoms with van der Waals surface area (Å²) in [6.45, 7) is 2.72. The molecule has 1 amide bonds. The van der Waals surface area contributed by atoms with E-state index in [0.717, 1.165) is 25.9 Å². The lowest BCUT2D eigenvalue weighted by Gasteiger charge is -2.09. The van der Waals surface area contributed by atoms with Crippen molar-refractivity contribution in [3.05, 3.63) is 23.8 Å². The molecule has 1 aliphatic rings. The van der Waals surface area contributed by atoms with Gasteiger partial charge in [0.05, 0.1) is 0 Å². The van der Waals surface area contributed by atoms with Gasteiger partial charge in [-0.15, -0.1) is 0 Å². The second-order valence-corrected chi connectivity index (χ2v) is 4.61. The average Bonchev–Trinajstić information content (AvgIpc) is 2.85. The number of phenolic OH excluding ortho intramolecular Hbond substituents is 2. The van der Waals surface area contributed by atoms with Gasteiger partial charge in [0.15, 0.2) is 11.5 Å². The monoisotopic (exact) mass is 250 g/mol. The summed E-state index contributed by atoms with van der Waals surface area (Å²) in [6, 6.07) is 4.06. The molecule has 0 saturated carbocycles. The van der Waals surface area contributed by atoms with Crippen molar-refractivity contribution >= 4 is 5.91 Å². The lowest BCUT2D eigenvalue weighted by Crippen LogP contribution is -2.26. The van der Waals surface area contributed by atoms with Gasteiger partial charge in [0.1, 0.15) is 0 Å². The molecule has 4 N–H and O–H groups in total. The Labute approximate surface area is 106 Å². The Morgan fingerprint density at radius 2 is 2.22 bits per heavy atom. The zero-order chi connectivity index (χ0) is 13.0.